The first-order valence-corrected chi connectivity index (χ1v) is 8.17. The second kappa shape index (κ2) is 7.10. The molecule has 0 saturated carbocycles. The smallest absolute Gasteiger partial charge is 0.416 e. The van der Waals surface area contributed by atoms with E-state index in [1.54, 1.807) is 30.3 Å². The summed E-state index contributed by atoms with van der Waals surface area (Å²) in [4.78, 5) is 11.8. The predicted molar refractivity (Wildman–Crippen MR) is 89.8 cm³/mol. The van der Waals surface area contributed by atoms with E-state index in [-0.39, 0.29) is 5.76 Å². The minimum absolute atomic E-state index is 0.123. The van der Waals surface area contributed by atoms with Crippen molar-refractivity contribution in [3.05, 3.63) is 71.5 Å². The van der Waals surface area contributed by atoms with Gasteiger partial charge in [-0.15, -0.1) is 0 Å². The summed E-state index contributed by atoms with van der Waals surface area (Å²) in [6.45, 7) is 0. The zero-order valence-corrected chi connectivity index (χ0v) is 13.9. The third-order valence-corrected chi connectivity index (χ3v) is 4.57. The Labute approximate surface area is 151 Å². The van der Waals surface area contributed by atoms with Crippen LogP contribution in [0.5, 0.6) is 0 Å². The minimum atomic E-state index is -4.43. The van der Waals surface area contributed by atoms with Crippen LogP contribution in [0, 0.1) is 11.3 Å². The fraction of sp³-hybridized carbons (Fsp3) is 0.0526. The Kier molecular flexibility index (Phi) is 4.87. The molecule has 0 radical (unpaired) electrons. The first kappa shape index (κ1) is 17.8. The van der Waals surface area contributed by atoms with E-state index in [1.165, 1.54) is 12.1 Å². The van der Waals surface area contributed by atoms with Gasteiger partial charge in [0, 0.05) is 15.4 Å². The van der Waals surface area contributed by atoms with Crippen LogP contribution in [0.1, 0.15) is 21.7 Å². The summed E-state index contributed by atoms with van der Waals surface area (Å²) in [7, 11) is 0. The highest BCUT2D eigenvalue weighted by molar-refractivity contribution is 7.99. The summed E-state index contributed by atoms with van der Waals surface area (Å²) in [6, 6.07) is 14.8. The zero-order chi connectivity index (χ0) is 18.7. The number of nitrogens with zero attached hydrogens (tertiary/aromatic N) is 1. The molecular formula is C19H10F3NO2S. The topological polar surface area (TPSA) is 54.0 Å². The third-order valence-electron chi connectivity index (χ3n) is 3.51. The summed E-state index contributed by atoms with van der Waals surface area (Å²) in [5.74, 6) is 0.482. The lowest BCUT2D eigenvalue weighted by atomic mass is 10.1. The molecule has 0 saturated heterocycles. The van der Waals surface area contributed by atoms with Crippen molar-refractivity contribution in [3.63, 3.8) is 0 Å². The molecular weight excluding hydrogens is 363 g/mol. The molecule has 0 N–H and O–H groups in total. The molecule has 0 fully saturated rings. The Balaban J connectivity index is 2.03. The van der Waals surface area contributed by atoms with Crippen LogP contribution >= 0.6 is 11.8 Å². The van der Waals surface area contributed by atoms with Crippen molar-refractivity contribution in [3.8, 4) is 17.4 Å². The van der Waals surface area contributed by atoms with Crippen molar-refractivity contribution in [2.75, 3.05) is 0 Å². The van der Waals surface area contributed by atoms with Crippen molar-refractivity contribution < 1.29 is 22.4 Å². The normalized spacial score (nSPS) is 11.2. The highest BCUT2D eigenvalue weighted by Crippen LogP contribution is 2.39. The number of hydrogen-bond donors (Lipinski definition) is 0. The molecule has 0 spiro atoms. The number of benzene rings is 2. The van der Waals surface area contributed by atoms with Gasteiger partial charge in [0.15, 0.2) is 12.0 Å². The molecule has 0 atom stereocenters. The molecule has 1 heterocycles. The van der Waals surface area contributed by atoms with Crippen molar-refractivity contribution in [1.29, 1.82) is 5.26 Å². The molecule has 0 bridgehead atoms. The highest BCUT2D eigenvalue weighted by Gasteiger charge is 2.30. The maximum atomic E-state index is 12.9. The minimum Gasteiger partial charge on any atom is -0.453 e. The van der Waals surface area contributed by atoms with Gasteiger partial charge in [-0.1, -0.05) is 17.8 Å². The number of alkyl halides is 3. The molecule has 7 heteroatoms. The number of carbonyl (C=O) groups is 1. The van der Waals surface area contributed by atoms with Crippen LogP contribution in [0.15, 0.2) is 68.8 Å². The van der Waals surface area contributed by atoms with Gasteiger partial charge >= 0.3 is 6.18 Å². The first-order valence-electron chi connectivity index (χ1n) is 7.35. The quantitative estimate of drug-likeness (QED) is 0.542. The standard InChI is InChI=1S/C19H10F3NO2S/c20-19(21,22)13-2-1-3-15(9-13)26-18-7-4-12(10-23)8-16(18)17-6-5-14(11-24)25-17/h1-9,11H. The fourth-order valence-corrected chi connectivity index (χ4v) is 3.30. The zero-order valence-electron chi connectivity index (χ0n) is 13.1. The van der Waals surface area contributed by atoms with Gasteiger partial charge in [0.25, 0.3) is 0 Å². The van der Waals surface area contributed by atoms with E-state index < -0.39 is 11.7 Å². The first-order chi connectivity index (χ1) is 12.4. The number of halogens is 3. The van der Waals surface area contributed by atoms with Crippen molar-refractivity contribution in [2.45, 2.75) is 16.0 Å². The van der Waals surface area contributed by atoms with Gasteiger partial charge in [-0.25, -0.2) is 0 Å². The molecule has 26 heavy (non-hydrogen) atoms. The summed E-state index contributed by atoms with van der Waals surface area (Å²) in [5.41, 5.74) is 0.163. The molecule has 0 aliphatic carbocycles. The number of hydrogen-bond acceptors (Lipinski definition) is 4. The highest BCUT2D eigenvalue weighted by atomic mass is 32.2. The van der Waals surface area contributed by atoms with Crippen LogP contribution in [0.4, 0.5) is 13.2 Å². The number of carbonyl (C=O) groups excluding carboxylic acids is 1. The largest absolute Gasteiger partial charge is 0.453 e. The van der Waals surface area contributed by atoms with Gasteiger partial charge < -0.3 is 4.42 Å². The Bertz CT molecular complexity index is 1000. The van der Waals surface area contributed by atoms with Gasteiger partial charge in [0.1, 0.15) is 5.76 Å². The molecule has 0 unspecified atom stereocenters. The Morgan fingerprint density at radius 2 is 1.88 bits per heavy atom. The number of furan rings is 1. The lowest BCUT2D eigenvalue weighted by Gasteiger charge is -2.10. The third kappa shape index (κ3) is 3.81. The van der Waals surface area contributed by atoms with E-state index in [1.807, 2.05) is 6.07 Å². The monoisotopic (exact) mass is 373 g/mol. The summed E-state index contributed by atoms with van der Waals surface area (Å²) >= 11 is 1.12. The van der Waals surface area contributed by atoms with E-state index in [9.17, 15) is 18.0 Å². The van der Waals surface area contributed by atoms with Gasteiger partial charge in [0.05, 0.1) is 17.2 Å². The van der Waals surface area contributed by atoms with Crippen LogP contribution in [-0.2, 0) is 6.18 Å². The summed E-state index contributed by atoms with van der Waals surface area (Å²) in [5, 5.41) is 9.10. The van der Waals surface area contributed by atoms with Crippen LogP contribution in [0.25, 0.3) is 11.3 Å². The lowest BCUT2D eigenvalue weighted by molar-refractivity contribution is -0.137. The van der Waals surface area contributed by atoms with Crippen LogP contribution < -0.4 is 0 Å². The molecule has 1 aromatic heterocycles. The Morgan fingerprint density at radius 1 is 1.08 bits per heavy atom. The second-order valence-electron chi connectivity index (χ2n) is 5.27. The van der Waals surface area contributed by atoms with Crippen LogP contribution in [0.2, 0.25) is 0 Å². The number of nitriles is 1. The molecule has 0 amide bonds. The Morgan fingerprint density at radius 3 is 2.54 bits per heavy atom. The average Bonchev–Trinajstić information content (AvgIpc) is 3.10. The van der Waals surface area contributed by atoms with Gasteiger partial charge in [-0.2, -0.15) is 18.4 Å². The second-order valence-corrected chi connectivity index (χ2v) is 6.39. The average molecular weight is 373 g/mol. The van der Waals surface area contributed by atoms with Crippen LogP contribution in [0.3, 0.4) is 0 Å². The number of aldehydes is 1. The Hall–Kier alpha value is -2.98. The van der Waals surface area contributed by atoms with Crippen molar-refractivity contribution in [1.82, 2.24) is 0 Å². The van der Waals surface area contributed by atoms with Gasteiger partial charge in [-0.05, 0) is 48.5 Å². The van der Waals surface area contributed by atoms with Gasteiger partial charge in [-0.3, -0.25) is 4.79 Å². The van der Waals surface area contributed by atoms with E-state index in [0.717, 1.165) is 23.9 Å². The van der Waals surface area contributed by atoms with Crippen molar-refractivity contribution >= 4 is 18.0 Å². The molecule has 0 aliphatic rings. The molecule has 3 nitrogen and oxygen atoms in total. The fourth-order valence-electron chi connectivity index (χ4n) is 2.30. The van der Waals surface area contributed by atoms with E-state index in [4.69, 9.17) is 9.68 Å². The molecule has 130 valence electrons. The summed E-state index contributed by atoms with van der Waals surface area (Å²) < 4.78 is 44.1. The maximum Gasteiger partial charge on any atom is 0.416 e. The predicted octanol–water partition coefficient (Wildman–Crippen LogP) is 5.80. The lowest BCUT2D eigenvalue weighted by Crippen LogP contribution is -2.04. The van der Waals surface area contributed by atoms with E-state index in [0.29, 0.717) is 33.0 Å². The molecule has 2 aromatic carbocycles. The molecule has 0 aliphatic heterocycles. The van der Waals surface area contributed by atoms with Gasteiger partial charge in [0.2, 0.25) is 0 Å². The maximum absolute atomic E-state index is 12.9. The number of rotatable bonds is 4. The SMILES string of the molecule is N#Cc1ccc(Sc2cccc(C(F)(F)F)c2)c(-c2ccc(C=O)o2)c1. The van der Waals surface area contributed by atoms with Crippen LogP contribution in [-0.4, -0.2) is 6.29 Å². The molecule has 3 rings (SSSR count). The van der Waals surface area contributed by atoms with Crippen molar-refractivity contribution in [2.24, 2.45) is 0 Å². The van der Waals surface area contributed by atoms with E-state index >= 15 is 0 Å². The molecule has 3 aromatic rings. The van der Waals surface area contributed by atoms with E-state index in [2.05, 4.69) is 0 Å². The summed E-state index contributed by atoms with van der Waals surface area (Å²) in [6.07, 6.45) is -3.87.